The van der Waals surface area contributed by atoms with Crippen LogP contribution in [0, 0.1) is 19.7 Å². The summed E-state index contributed by atoms with van der Waals surface area (Å²) in [5.74, 6) is -7.75. The average Bonchev–Trinajstić information content (AvgIpc) is 3.23. The maximum Gasteiger partial charge on any atom is 0.493 e. The zero-order chi connectivity index (χ0) is 30.4. The number of aromatic nitrogens is 2. The molecule has 2 heterocycles. The molecule has 222 valence electrons. The summed E-state index contributed by atoms with van der Waals surface area (Å²) in [6, 6.07) is 2.24. The number of hydrogen-bond acceptors (Lipinski definition) is 6. The molecule has 1 saturated heterocycles. The third-order valence-electron chi connectivity index (χ3n) is 7.37. The van der Waals surface area contributed by atoms with Crippen LogP contribution in [-0.2, 0) is 16.0 Å². The van der Waals surface area contributed by atoms with Crippen molar-refractivity contribution < 1.29 is 45.6 Å². The lowest BCUT2D eigenvalue weighted by Gasteiger charge is -2.42. The monoisotopic (exact) mass is 588 g/mol. The molecule has 0 spiro atoms. The highest BCUT2D eigenvalue weighted by atomic mass is 19.4. The molecule has 0 radical (unpaired) electrons. The topological polar surface area (TPSA) is 102 Å². The Morgan fingerprint density at radius 2 is 1.83 bits per heavy atom. The fourth-order valence-electron chi connectivity index (χ4n) is 5.16. The van der Waals surface area contributed by atoms with Gasteiger partial charge in [-0.05, 0) is 55.3 Å². The Morgan fingerprint density at radius 3 is 2.41 bits per heavy atom. The summed E-state index contributed by atoms with van der Waals surface area (Å²) in [5, 5.41) is 3.71. The minimum absolute atomic E-state index is 0.00823. The molecule has 0 N–H and O–H groups in total. The van der Waals surface area contributed by atoms with Gasteiger partial charge >= 0.3 is 17.7 Å². The molecular weight excluding hydrogens is 562 g/mol. The van der Waals surface area contributed by atoms with Crippen LogP contribution < -0.4 is 10.4 Å². The first-order valence-electron chi connectivity index (χ1n) is 12.6. The second kappa shape index (κ2) is 10.8. The van der Waals surface area contributed by atoms with Crippen molar-refractivity contribution in [1.29, 1.82) is 0 Å². The standard InChI is InChI=1S/C26H26F6N4O5/c1-13-11-34(12-21(37)35(13)17-6-7-25(28,29)10-17)23(39)18-8-16(4-5-19(18)27)9-20-14(2)15(3)22(38)36(33-20)41-24(40)26(30,31)32/h4-5,8,13,17H,6-7,9-12H2,1-3H3. The Bertz CT molecular complexity index is 1460. The number of rotatable bonds is 5. The molecule has 2 atom stereocenters. The Kier molecular flexibility index (Phi) is 7.93. The largest absolute Gasteiger partial charge is 0.493 e. The van der Waals surface area contributed by atoms with E-state index in [0.29, 0.717) is 0 Å². The van der Waals surface area contributed by atoms with E-state index < -0.39 is 71.9 Å². The lowest BCUT2D eigenvalue weighted by Crippen LogP contribution is -2.59. The molecule has 15 heteroatoms. The van der Waals surface area contributed by atoms with Crippen LogP contribution in [0.3, 0.4) is 0 Å². The van der Waals surface area contributed by atoms with Crippen molar-refractivity contribution in [3.8, 4) is 0 Å². The molecule has 1 aromatic carbocycles. The van der Waals surface area contributed by atoms with E-state index in [1.165, 1.54) is 30.9 Å². The highest BCUT2D eigenvalue weighted by Crippen LogP contribution is 2.38. The molecule has 2 aromatic rings. The van der Waals surface area contributed by atoms with Gasteiger partial charge < -0.3 is 14.6 Å². The lowest BCUT2D eigenvalue weighted by molar-refractivity contribution is -0.202. The highest BCUT2D eigenvalue weighted by molar-refractivity contribution is 5.97. The van der Waals surface area contributed by atoms with Crippen molar-refractivity contribution in [2.24, 2.45) is 0 Å². The molecule has 2 unspecified atom stereocenters. The van der Waals surface area contributed by atoms with Gasteiger partial charge in [0.2, 0.25) is 11.8 Å². The predicted octanol–water partition coefficient (Wildman–Crippen LogP) is 2.97. The van der Waals surface area contributed by atoms with Gasteiger partial charge in [0.1, 0.15) is 12.4 Å². The van der Waals surface area contributed by atoms with E-state index in [0.717, 1.165) is 11.0 Å². The quantitative estimate of drug-likeness (QED) is 0.498. The molecule has 9 nitrogen and oxygen atoms in total. The summed E-state index contributed by atoms with van der Waals surface area (Å²) in [6.07, 6.45) is -6.20. The van der Waals surface area contributed by atoms with Gasteiger partial charge in [-0.15, -0.1) is 5.10 Å². The van der Waals surface area contributed by atoms with Crippen LogP contribution in [0.2, 0.25) is 0 Å². The zero-order valence-corrected chi connectivity index (χ0v) is 22.2. The number of amides is 2. The lowest BCUT2D eigenvalue weighted by atomic mass is 10.0. The summed E-state index contributed by atoms with van der Waals surface area (Å²) in [6.45, 7) is 3.95. The smallest absolute Gasteiger partial charge is 0.333 e. The molecule has 1 aliphatic carbocycles. The maximum atomic E-state index is 14.8. The Hall–Kier alpha value is -3.91. The molecule has 2 amide bonds. The van der Waals surface area contributed by atoms with E-state index in [-0.39, 0.29) is 53.0 Å². The second-order valence-electron chi connectivity index (χ2n) is 10.3. The summed E-state index contributed by atoms with van der Waals surface area (Å²) in [4.78, 5) is 56.2. The van der Waals surface area contributed by atoms with E-state index in [9.17, 15) is 45.5 Å². The van der Waals surface area contributed by atoms with Crippen LogP contribution in [0.5, 0.6) is 0 Å². The summed E-state index contributed by atoms with van der Waals surface area (Å²) < 4.78 is 80.2. The van der Waals surface area contributed by atoms with Gasteiger partial charge in [0, 0.05) is 43.5 Å². The van der Waals surface area contributed by atoms with Gasteiger partial charge in [-0.25, -0.2) is 18.0 Å². The van der Waals surface area contributed by atoms with Crippen molar-refractivity contribution in [2.75, 3.05) is 13.1 Å². The van der Waals surface area contributed by atoms with E-state index in [1.54, 1.807) is 6.92 Å². The van der Waals surface area contributed by atoms with E-state index in [4.69, 9.17) is 0 Å². The van der Waals surface area contributed by atoms with Crippen molar-refractivity contribution in [1.82, 2.24) is 19.7 Å². The molecule has 1 saturated carbocycles. The Balaban J connectivity index is 1.55. The van der Waals surface area contributed by atoms with Gasteiger partial charge in [-0.3, -0.25) is 14.4 Å². The fourth-order valence-corrected chi connectivity index (χ4v) is 5.16. The predicted molar refractivity (Wildman–Crippen MR) is 130 cm³/mol. The summed E-state index contributed by atoms with van der Waals surface area (Å²) >= 11 is 0. The van der Waals surface area contributed by atoms with E-state index in [1.807, 2.05) is 0 Å². The molecule has 41 heavy (non-hydrogen) atoms. The Labute approximate surface area is 229 Å². The van der Waals surface area contributed by atoms with Crippen molar-refractivity contribution in [3.05, 3.63) is 62.3 Å². The molecule has 4 rings (SSSR count). The van der Waals surface area contributed by atoms with Crippen molar-refractivity contribution >= 4 is 17.8 Å². The van der Waals surface area contributed by atoms with Crippen LogP contribution in [0.1, 0.15) is 58.9 Å². The van der Waals surface area contributed by atoms with E-state index >= 15 is 0 Å². The van der Waals surface area contributed by atoms with Gasteiger partial charge in [-0.2, -0.15) is 13.2 Å². The number of benzene rings is 1. The van der Waals surface area contributed by atoms with Crippen LogP contribution in [0.4, 0.5) is 26.3 Å². The molecule has 1 aliphatic heterocycles. The second-order valence-corrected chi connectivity index (χ2v) is 10.3. The van der Waals surface area contributed by atoms with Crippen LogP contribution in [0.15, 0.2) is 23.0 Å². The number of carbonyl (C=O) groups is 3. The third-order valence-corrected chi connectivity index (χ3v) is 7.37. The number of carbonyl (C=O) groups excluding carboxylic acids is 3. The molecular formula is C26H26F6N4O5. The molecule has 2 aliphatic rings. The first kappa shape index (κ1) is 30.1. The average molecular weight is 589 g/mol. The van der Waals surface area contributed by atoms with Gasteiger partial charge in [0.05, 0.1) is 11.3 Å². The molecule has 1 aromatic heterocycles. The van der Waals surface area contributed by atoms with Crippen LogP contribution >= 0.6 is 0 Å². The fraction of sp³-hybridized carbons (Fsp3) is 0.500. The first-order valence-corrected chi connectivity index (χ1v) is 12.6. The van der Waals surface area contributed by atoms with Crippen molar-refractivity contribution in [2.45, 2.75) is 70.6 Å². The van der Waals surface area contributed by atoms with Crippen molar-refractivity contribution in [3.63, 3.8) is 0 Å². The molecule has 0 bridgehead atoms. The Morgan fingerprint density at radius 1 is 1.15 bits per heavy atom. The number of nitrogens with zero attached hydrogens (tertiary/aromatic N) is 4. The zero-order valence-electron chi connectivity index (χ0n) is 22.2. The molecule has 2 fully saturated rings. The minimum Gasteiger partial charge on any atom is -0.333 e. The number of alkyl halides is 5. The third kappa shape index (κ3) is 6.22. The van der Waals surface area contributed by atoms with E-state index in [2.05, 4.69) is 9.94 Å². The first-order chi connectivity index (χ1) is 19.0. The minimum atomic E-state index is -5.38. The summed E-state index contributed by atoms with van der Waals surface area (Å²) in [5.41, 5.74) is -0.947. The summed E-state index contributed by atoms with van der Waals surface area (Å²) in [7, 11) is 0. The SMILES string of the molecule is Cc1c(Cc2ccc(F)c(C(=O)N3CC(=O)N(C4CCC(F)(F)C4)C(C)C3)c2)nn(OC(=O)C(F)(F)F)c(=O)c1C. The van der Waals surface area contributed by atoms with Crippen LogP contribution in [0.25, 0.3) is 0 Å². The number of hydrogen-bond donors (Lipinski definition) is 0. The normalized spacial score (nSPS) is 20.9. The highest BCUT2D eigenvalue weighted by Gasteiger charge is 2.46. The number of halogens is 6. The van der Waals surface area contributed by atoms with Gasteiger partial charge in [-0.1, -0.05) is 6.07 Å². The number of piperazine rings is 1. The van der Waals surface area contributed by atoms with Crippen LogP contribution in [-0.4, -0.2) is 74.8 Å². The maximum absolute atomic E-state index is 14.8. The van der Waals surface area contributed by atoms with Gasteiger partial charge in [0.15, 0.2) is 0 Å². The van der Waals surface area contributed by atoms with Gasteiger partial charge in [0.25, 0.3) is 5.91 Å².